The maximum atomic E-state index is 10.1. The van der Waals surface area contributed by atoms with E-state index in [-0.39, 0.29) is 18.1 Å². The van der Waals surface area contributed by atoms with Gasteiger partial charge in [-0.3, -0.25) is 0 Å². The third-order valence-corrected chi connectivity index (χ3v) is 5.67. The zero-order chi connectivity index (χ0) is 18.5. The summed E-state index contributed by atoms with van der Waals surface area (Å²) in [5, 5.41) is 19.3. The van der Waals surface area contributed by atoms with Crippen molar-refractivity contribution >= 4 is 0 Å². The summed E-state index contributed by atoms with van der Waals surface area (Å²) in [6.07, 6.45) is 15.4. The molecular formula is C22H46O2. The molecule has 0 aromatic rings. The van der Waals surface area contributed by atoms with Crippen molar-refractivity contribution in [2.45, 2.75) is 124 Å². The molecule has 0 spiro atoms. The van der Waals surface area contributed by atoms with E-state index in [1.165, 1.54) is 57.8 Å². The molecule has 0 aliphatic carbocycles. The van der Waals surface area contributed by atoms with Gasteiger partial charge >= 0.3 is 0 Å². The SMILES string of the molecule is CCC(C)(C)CCCCCCC(O)CCCCCCC(C)(C)CO. The van der Waals surface area contributed by atoms with Gasteiger partial charge in [-0.2, -0.15) is 0 Å². The van der Waals surface area contributed by atoms with Crippen LogP contribution in [0, 0.1) is 10.8 Å². The molecule has 0 aliphatic rings. The van der Waals surface area contributed by atoms with E-state index >= 15 is 0 Å². The second-order valence-corrected chi connectivity index (χ2v) is 9.40. The van der Waals surface area contributed by atoms with Gasteiger partial charge in [-0.05, 0) is 36.5 Å². The molecule has 0 radical (unpaired) electrons. The standard InChI is InChI=1S/C22H46O2/c1-6-21(2,3)17-13-9-7-11-15-20(24)16-12-8-10-14-18-22(4,5)19-23/h20,23-24H,6-19H2,1-5H3. The zero-order valence-corrected chi connectivity index (χ0v) is 17.4. The lowest BCUT2D eigenvalue weighted by molar-refractivity contribution is 0.142. The molecule has 24 heavy (non-hydrogen) atoms. The summed E-state index contributed by atoms with van der Waals surface area (Å²) in [5.41, 5.74) is 0.581. The largest absolute Gasteiger partial charge is 0.396 e. The van der Waals surface area contributed by atoms with E-state index < -0.39 is 0 Å². The van der Waals surface area contributed by atoms with Crippen molar-refractivity contribution in [1.29, 1.82) is 0 Å². The molecule has 0 aromatic carbocycles. The molecule has 2 nitrogen and oxygen atoms in total. The van der Waals surface area contributed by atoms with Crippen molar-refractivity contribution in [2.75, 3.05) is 6.61 Å². The summed E-state index contributed by atoms with van der Waals surface area (Å²) in [4.78, 5) is 0. The smallest absolute Gasteiger partial charge is 0.0540 e. The van der Waals surface area contributed by atoms with Gasteiger partial charge in [-0.15, -0.1) is 0 Å². The van der Waals surface area contributed by atoms with E-state index in [2.05, 4.69) is 34.6 Å². The Morgan fingerprint density at radius 1 is 0.667 bits per heavy atom. The molecule has 0 amide bonds. The number of hydrogen-bond acceptors (Lipinski definition) is 2. The number of unbranched alkanes of at least 4 members (excludes halogenated alkanes) is 6. The number of hydrogen-bond donors (Lipinski definition) is 2. The Kier molecular flexibility index (Phi) is 13.1. The average molecular weight is 343 g/mol. The summed E-state index contributed by atoms with van der Waals surface area (Å²) >= 11 is 0. The van der Waals surface area contributed by atoms with E-state index in [1.54, 1.807) is 0 Å². The van der Waals surface area contributed by atoms with Gasteiger partial charge < -0.3 is 10.2 Å². The monoisotopic (exact) mass is 342 g/mol. The van der Waals surface area contributed by atoms with Crippen molar-refractivity contribution in [3.63, 3.8) is 0 Å². The average Bonchev–Trinajstić information content (AvgIpc) is 2.54. The highest BCUT2D eigenvalue weighted by Gasteiger charge is 2.15. The first-order chi connectivity index (χ1) is 11.2. The van der Waals surface area contributed by atoms with Gasteiger partial charge in [0.25, 0.3) is 0 Å². The molecule has 0 saturated heterocycles. The Morgan fingerprint density at radius 2 is 1.08 bits per heavy atom. The topological polar surface area (TPSA) is 40.5 Å². The van der Waals surface area contributed by atoms with Crippen molar-refractivity contribution in [3.05, 3.63) is 0 Å². The minimum absolute atomic E-state index is 0.0753. The van der Waals surface area contributed by atoms with Gasteiger partial charge in [-0.25, -0.2) is 0 Å². The normalized spacial score (nSPS) is 14.1. The summed E-state index contributed by atoms with van der Waals surface area (Å²) in [7, 11) is 0. The number of rotatable bonds is 16. The van der Waals surface area contributed by atoms with Crippen LogP contribution in [0.3, 0.4) is 0 Å². The fourth-order valence-corrected chi connectivity index (χ4v) is 3.07. The predicted octanol–water partition coefficient (Wildman–Crippen LogP) is 6.48. The third-order valence-electron chi connectivity index (χ3n) is 5.67. The third kappa shape index (κ3) is 14.3. The summed E-state index contributed by atoms with van der Waals surface area (Å²) in [5.74, 6) is 0. The van der Waals surface area contributed by atoms with Gasteiger partial charge in [0.2, 0.25) is 0 Å². The van der Waals surface area contributed by atoms with Crippen LogP contribution < -0.4 is 0 Å². The zero-order valence-electron chi connectivity index (χ0n) is 17.4. The van der Waals surface area contributed by atoms with Gasteiger partial charge in [0.1, 0.15) is 0 Å². The lowest BCUT2D eigenvalue weighted by Gasteiger charge is -2.22. The Bertz CT molecular complexity index is 256. The molecule has 0 bridgehead atoms. The maximum absolute atomic E-state index is 10.1. The fraction of sp³-hybridized carbons (Fsp3) is 1.00. The predicted molar refractivity (Wildman–Crippen MR) is 106 cm³/mol. The first-order valence-corrected chi connectivity index (χ1v) is 10.5. The van der Waals surface area contributed by atoms with Crippen molar-refractivity contribution < 1.29 is 10.2 Å². The lowest BCUT2D eigenvalue weighted by atomic mass is 9.84. The summed E-state index contributed by atoms with van der Waals surface area (Å²) in [6.45, 7) is 11.5. The van der Waals surface area contributed by atoms with Crippen LogP contribution in [-0.2, 0) is 0 Å². The second kappa shape index (κ2) is 13.2. The Balaban J connectivity index is 3.40. The van der Waals surface area contributed by atoms with E-state index in [4.69, 9.17) is 0 Å². The maximum Gasteiger partial charge on any atom is 0.0540 e. The van der Waals surface area contributed by atoms with Crippen LogP contribution in [-0.4, -0.2) is 22.9 Å². The van der Waals surface area contributed by atoms with E-state index in [9.17, 15) is 10.2 Å². The second-order valence-electron chi connectivity index (χ2n) is 9.40. The highest BCUT2D eigenvalue weighted by Crippen LogP contribution is 2.27. The van der Waals surface area contributed by atoms with Crippen LogP contribution in [0.2, 0.25) is 0 Å². The van der Waals surface area contributed by atoms with Crippen LogP contribution in [0.5, 0.6) is 0 Å². The van der Waals surface area contributed by atoms with E-state index in [1.807, 2.05) is 0 Å². The fourth-order valence-electron chi connectivity index (χ4n) is 3.07. The van der Waals surface area contributed by atoms with Gasteiger partial charge in [0.15, 0.2) is 0 Å². The molecular weight excluding hydrogens is 296 g/mol. The minimum Gasteiger partial charge on any atom is -0.396 e. The Labute approximate surface area is 152 Å². The summed E-state index contributed by atoms with van der Waals surface area (Å²) in [6, 6.07) is 0. The van der Waals surface area contributed by atoms with Gasteiger partial charge in [0, 0.05) is 6.61 Å². The number of aliphatic hydroxyl groups is 2. The van der Waals surface area contributed by atoms with Gasteiger partial charge in [-0.1, -0.05) is 92.4 Å². The highest BCUT2D eigenvalue weighted by atomic mass is 16.3. The molecule has 0 saturated carbocycles. The first kappa shape index (κ1) is 23.9. The molecule has 1 unspecified atom stereocenters. The number of aliphatic hydroxyl groups excluding tert-OH is 2. The molecule has 1 atom stereocenters. The molecule has 0 heterocycles. The van der Waals surface area contributed by atoms with Crippen molar-refractivity contribution in [1.82, 2.24) is 0 Å². The first-order valence-electron chi connectivity index (χ1n) is 10.5. The van der Waals surface area contributed by atoms with Gasteiger partial charge in [0.05, 0.1) is 6.10 Å². The Morgan fingerprint density at radius 3 is 1.50 bits per heavy atom. The van der Waals surface area contributed by atoms with Crippen molar-refractivity contribution in [3.8, 4) is 0 Å². The van der Waals surface area contributed by atoms with Crippen molar-refractivity contribution in [2.24, 2.45) is 10.8 Å². The molecule has 0 aliphatic heterocycles. The van der Waals surface area contributed by atoms with Crippen LogP contribution in [0.1, 0.15) is 118 Å². The molecule has 0 rings (SSSR count). The molecule has 0 fully saturated rings. The summed E-state index contributed by atoms with van der Waals surface area (Å²) < 4.78 is 0. The molecule has 0 aromatic heterocycles. The minimum atomic E-state index is -0.0917. The molecule has 146 valence electrons. The van der Waals surface area contributed by atoms with Crippen LogP contribution in [0.4, 0.5) is 0 Å². The lowest BCUT2D eigenvalue weighted by Crippen LogP contribution is -2.16. The van der Waals surface area contributed by atoms with E-state index in [0.29, 0.717) is 5.41 Å². The van der Waals surface area contributed by atoms with Crippen LogP contribution >= 0.6 is 0 Å². The molecule has 2 heteroatoms. The Hall–Kier alpha value is -0.0800. The quantitative estimate of drug-likeness (QED) is 0.315. The highest BCUT2D eigenvalue weighted by molar-refractivity contribution is 4.67. The van der Waals surface area contributed by atoms with E-state index in [0.717, 1.165) is 25.7 Å². The van der Waals surface area contributed by atoms with Crippen LogP contribution in [0.15, 0.2) is 0 Å². The van der Waals surface area contributed by atoms with Crippen LogP contribution in [0.25, 0.3) is 0 Å². The molecule has 2 N–H and O–H groups in total.